The monoisotopic (exact) mass is 263 g/mol. The van der Waals surface area contributed by atoms with Gasteiger partial charge in [0.2, 0.25) is 0 Å². The van der Waals surface area contributed by atoms with E-state index in [1.807, 2.05) is 0 Å². The van der Waals surface area contributed by atoms with Crippen LogP contribution < -0.4 is 0 Å². The number of aromatic hydroxyl groups is 2. The molecule has 19 heavy (non-hydrogen) atoms. The van der Waals surface area contributed by atoms with E-state index in [0.717, 1.165) is 19.3 Å². The van der Waals surface area contributed by atoms with Gasteiger partial charge in [-0.1, -0.05) is 25.8 Å². The Kier molecular flexibility index (Phi) is 3.98. The molecule has 0 bridgehead atoms. The maximum absolute atomic E-state index is 12.4. The molecule has 2 N–H and O–H groups in total. The highest BCUT2D eigenvalue weighted by Crippen LogP contribution is 2.32. The Bertz CT molecular complexity index is 452. The second kappa shape index (κ2) is 5.51. The third-order valence-electron chi connectivity index (χ3n) is 4.12. The molecule has 1 aromatic carbocycles. The van der Waals surface area contributed by atoms with Gasteiger partial charge >= 0.3 is 0 Å². The molecule has 0 aromatic heterocycles. The first-order valence-electron chi connectivity index (χ1n) is 6.80. The Morgan fingerprint density at radius 1 is 1.21 bits per heavy atom. The molecule has 1 aliphatic carbocycles. The molecule has 2 rings (SSSR count). The van der Waals surface area contributed by atoms with Crippen molar-refractivity contribution >= 4 is 5.91 Å². The normalized spacial score (nSPS) is 23.1. The fourth-order valence-corrected chi connectivity index (χ4v) is 2.95. The van der Waals surface area contributed by atoms with Gasteiger partial charge in [0.05, 0.1) is 0 Å². The van der Waals surface area contributed by atoms with Gasteiger partial charge in [-0.2, -0.15) is 0 Å². The first-order chi connectivity index (χ1) is 9.02. The van der Waals surface area contributed by atoms with Crippen LogP contribution in [0, 0.1) is 5.92 Å². The largest absolute Gasteiger partial charge is 0.507 e. The van der Waals surface area contributed by atoms with Gasteiger partial charge in [-0.15, -0.1) is 0 Å². The Morgan fingerprint density at radius 3 is 2.37 bits per heavy atom. The summed E-state index contributed by atoms with van der Waals surface area (Å²) in [7, 11) is 1.75. The second-order valence-corrected chi connectivity index (χ2v) is 5.42. The van der Waals surface area contributed by atoms with Gasteiger partial charge in [-0.3, -0.25) is 4.79 Å². The van der Waals surface area contributed by atoms with E-state index < -0.39 is 0 Å². The molecule has 4 heteroatoms. The Labute approximate surface area is 113 Å². The van der Waals surface area contributed by atoms with Crippen LogP contribution in [-0.4, -0.2) is 34.1 Å². The van der Waals surface area contributed by atoms with Crippen LogP contribution in [0.25, 0.3) is 0 Å². The van der Waals surface area contributed by atoms with E-state index in [2.05, 4.69) is 6.92 Å². The zero-order valence-electron chi connectivity index (χ0n) is 11.5. The molecule has 0 aliphatic heterocycles. The first-order valence-corrected chi connectivity index (χ1v) is 6.80. The number of benzene rings is 1. The number of carbonyl (C=O) groups is 1. The highest BCUT2D eigenvalue weighted by atomic mass is 16.3. The topological polar surface area (TPSA) is 60.8 Å². The first kappa shape index (κ1) is 13.7. The maximum atomic E-state index is 12.4. The van der Waals surface area contributed by atoms with Crippen LogP contribution >= 0.6 is 0 Å². The average molecular weight is 263 g/mol. The predicted molar refractivity (Wildman–Crippen MR) is 73.3 cm³/mol. The number of rotatable bonds is 2. The lowest BCUT2D eigenvalue weighted by Crippen LogP contribution is -2.42. The molecule has 0 saturated heterocycles. The number of amides is 1. The van der Waals surface area contributed by atoms with Gasteiger partial charge in [-0.25, -0.2) is 0 Å². The summed E-state index contributed by atoms with van der Waals surface area (Å²) in [4.78, 5) is 14.1. The molecule has 1 aromatic rings. The third-order valence-corrected chi connectivity index (χ3v) is 4.12. The van der Waals surface area contributed by atoms with Crippen molar-refractivity contribution in [1.29, 1.82) is 0 Å². The lowest BCUT2D eigenvalue weighted by atomic mass is 9.85. The van der Waals surface area contributed by atoms with Crippen molar-refractivity contribution in [3.8, 4) is 11.5 Å². The van der Waals surface area contributed by atoms with E-state index in [4.69, 9.17) is 0 Å². The summed E-state index contributed by atoms with van der Waals surface area (Å²) in [5, 5.41) is 19.5. The minimum Gasteiger partial charge on any atom is -0.507 e. The van der Waals surface area contributed by atoms with Crippen LogP contribution in [0.4, 0.5) is 0 Å². The quantitative estimate of drug-likeness (QED) is 0.862. The predicted octanol–water partition coefficient (Wildman–Crippen LogP) is 2.75. The summed E-state index contributed by atoms with van der Waals surface area (Å²) in [6.07, 6.45) is 4.44. The van der Waals surface area contributed by atoms with Crippen LogP contribution in [0.2, 0.25) is 0 Å². The molecular formula is C15H21NO3. The van der Waals surface area contributed by atoms with E-state index >= 15 is 0 Å². The van der Waals surface area contributed by atoms with E-state index in [-0.39, 0.29) is 29.0 Å². The van der Waals surface area contributed by atoms with Crippen molar-refractivity contribution in [2.75, 3.05) is 7.05 Å². The molecule has 2 unspecified atom stereocenters. The summed E-state index contributed by atoms with van der Waals surface area (Å²) < 4.78 is 0. The molecule has 1 fully saturated rings. The molecule has 0 radical (unpaired) electrons. The van der Waals surface area contributed by atoms with Crippen LogP contribution in [-0.2, 0) is 0 Å². The smallest absolute Gasteiger partial charge is 0.261 e. The van der Waals surface area contributed by atoms with Crippen LogP contribution in [0.3, 0.4) is 0 Å². The van der Waals surface area contributed by atoms with Gasteiger partial charge < -0.3 is 15.1 Å². The van der Waals surface area contributed by atoms with Gasteiger partial charge in [-0.05, 0) is 30.9 Å². The summed E-state index contributed by atoms with van der Waals surface area (Å²) in [5.41, 5.74) is 0.00257. The minimum absolute atomic E-state index is 0.00257. The fraction of sp³-hybridized carbons (Fsp3) is 0.533. The van der Waals surface area contributed by atoms with Crippen molar-refractivity contribution < 1.29 is 15.0 Å². The van der Waals surface area contributed by atoms with Crippen LogP contribution in [0.1, 0.15) is 43.0 Å². The molecule has 4 nitrogen and oxygen atoms in total. The van der Waals surface area contributed by atoms with Crippen molar-refractivity contribution in [3.63, 3.8) is 0 Å². The fourth-order valence-electron chi connectivity index (χ4n) is 2.95. The van der Waals surface area contributed by atoms with Gasteiger partial charge in [0.25, 0.3) is 5.91 Å². The number of hydrogen-bond donors (Lipinski definition) is 2. The summed E-state index contributed by atoms with van der Waals surface area (Å²) in [6, 6.07) is 4.54. The highest BCUT2D eigenvalue weighted by Gasteiger charge is 2.30. The zero-order chi connectivity index (χ0) is 14.0. The molecule has 1 amide bonds. The Hall–Kier alpha value is -1.71. The average Bonchev–Trinajstić information content (AvgIpc) is 2.38. The van der Waals surface area contributed by atoms with Crippen LogP contribution in [0.15, 0.2) is 18.2 Å². The number of phenols is 2. The molecule has 0 heterocycles. The third kappa shape index (κ3) is 2.67. The number of phenolic OH excluding ortho intramolecular Hbond substituents is 2. The molecule has 1 aliphatic rings. The van der Waals surface area contributed by atoms with Crippen molar-refractivity contribution in [2.24, 2.45) is 5.92 Å². The number of hydrogen-bond acceptors (Lipinski definition) is 3. The molecule has 2 atom stereocenters. The maximum Gasteiger partial charge on any atom is 0.261 e. The van der Waals surface area contributed by atoms with Crippen LogP contribution in [0.5, 0.6) is 11.5 Å². The second-order valence-electron chi connectivity index (χ2n) is 5.42. The SMILES string of the molecule is CC1CCCCC1N(C)C(=O)c1c(O)cccc1O. The van der Waals surface area contributed by atoms with E-state index in [9.17, 15) is 15.0 Å². The molecular weight excluding hydrogens is 242 g/mol. The van der Waals surface area contributed by atoms with E-state index in [0.29, 0.717) is 5.92 Å². The number of carbonyl (C=O) groups excluding carboxylic acids is 1. The van der Waals surface area contributed by atoms with E-state index in [1.54, 1.807) is 11.9 Å². The van der Waals surface area contributed by atoms with Gasteiger partial charge in [0.1, 0.15) is 17.1 Å². The van der Waals surface area contributed by atoms with Crippen molar-refractivity contribution in [1.82, 2.24) is 4.90 Å². The summed E-state index contributed by atoms with van der Waals surface area (Å²) in [5.74, 6) is -0.189. The minimum atomic E-state index is -0.311. The highest BCUT2D eigenvalue weighted by molar-refractivity contribution is 5.99. The Morgan fingerprint density at radius 2 is 1.79 bits per heavy atom. The lowest BCUT2D eigenvalue weighted by molar-refractivity contribution is 0.0623. The summed E-state index contributed by atoms with van der Waals surface area (Å²) in [6.45, 7) is 2.15. The summed E-state index contributed by atoms with van der Waals surface area (Å²) >= 11 is 0. The standard InChI is InChI=1S/C15H21NO3/c1-10-6-3-4-7-11(10)16(2)15(19)14-12(17)8-5-9-13(14)18/h5,8-11,17-18H,3-4,6-7H2,1-2H3. The molecule has 0 spiro atoms. The van der Waals surface area contributed by atoms with Crippen molar-refractivity contribution in [2.45, 2.75) is 38.6 Å². The van der Waals surface area contributed by atoms with Crippen molar-refractivity contribution in [3.05, 3.63) is 23.8 Å². The van der Waals surface area contributed by atoms with Gasteiger partial charge in [0.15, 0.2) is 0 Å². The van der Waals surface area contributed by atoms with E-state index in [1.165, 1.54) is 24.6 Å². The zero-order valence-corrected chi connectivity index (χ0v) is 11.5. The molecule has 1 saturated carbocycles. The number of nitrogens with zero attached hydrogens (tertiary/aromatic N) is 1. The van der Waals surface area contributed by atoms with Gasteiger partial charge in [0, 0.05) is 13.1 Å². The Balaban J connectivity index is 2.23. The lowest BCUT2D eigenvalue weighted by Gasteiger charge is -2.36. The molecule has 104 valence electrons.